The first-order chi connectivity index (χ1) is 12.1. The zero-order valence-electron chi connectivity index (χ0n) is 15.7. The predicted octanol–water partition coefficient (Wildman–Crippen LogP) is 2.57. The summed E-state index contributed by atoms with van der Waals surface area (Å²) in [6, 6.07) is 0.609. The Labute approximate surface area is 150 Å². The van der Waals surface area contributed by atoms with Gasteiger partial charge < -0.3 is 14.4 Å². The minimum Gasteiger partial charge on any atom is -0.342 e. The van der Waals surface area contributed by atoms with Crippen LogP contribution in [0.5, 0.6) is 0 Å². The number of nitrogens with zero attached hydrogens (tertiary/aromatic N) is 5. The van der Waals surface area contributed by atoms with Crippen molar-refractivity contribution in [2.24, 2.45) is 5.92 Å². The second kappa shape index (κ2) is 7.06. The van der Waals surface area contributed by atoms with Gasteiger partial charge in [-0.15, -0.1) is 10.2 Å². The average Bonchev–Trinajstić information content (AvgIpc) is 3.13. The smallest absolute Gasteiger partial charge is 0.225 e. The largest absolute Gasteiger partial charge is 0.342 e. The maximum absolute atomic E-state index is 12.6. The molecule has 2 saturated carbocycles. The minimum absolute atomic E-state index is 0.304. The van der Waals surface area contributed by atoms with Gasteiger partial charge in [0.15, 0.2) is 0 Å². The molecule has 0 bridgehead atoms. The molecule has 0 atom stereocenters. The molecule has 0 unspecified atom stereocenters. The van der Waals surface area contributed by atoms with Gasteiger partial charge >= 0.3 is 0 Å². The van der Waals surface area contributed by atoms with Crippen molar-refractivity contribution in [3.8, 4) is 0 Å². The molecule has 1 aliphatic heterocycles. The van der Waals surface area contributed by atoms with E-state index in [0.717, 1.165) is 51.1 Å². The van der Waals surface area contributed by atoms with Crippen LogP contribution in [0, 0.1) is 5.92 Å². The van der Waals surface area contributed by atoms with E-state index in [2.05, 4.69) is 38.7 Å². The summed E-state index contributed by atoms with van der Waals surface area (Å²) in [4.78, 5) is 16.9. The number of likely N-dealkylation sites (tertiary alicyclic amines) is 1. The number of amides is 1. The maximum atomic E-state index is 12.6. The second-order valence-electron chi connectivity index (χ2n) is 8.39. The molecule has 6 heteroatoms. The number of carbonyl (C=O) groups is 1. The molecular weight excluding hydrogens is 314 g/mol. The first-order valence-electron chi connectivity index (χ1n) is 10.0. The Kier molecular flexibility index (Phi) is 4.80. The Morgan fingerprint density at radius 3 is 2.32 bits per heavy atom. The SMILES string of the molecule is CN(C)Cc1nnc(C2CCN(C(=O)C3CCCC3)CC2)n1C1CC1. The Balaban J connectivity index is 1.42. The standard InChI is InChI=1S/C19H31N5O/c1-22(2)13-17-20-21-18(24(17)16-7-8-16)14-9-11-23(12-10-14)19(25)15-5-3-4-6-15/h14-16H,3-13H2,1-2H3. The van der Waals surface area contributed by atoms with Crippen molar-refractivity contribution in [2.75, 3.05) is 27.2 Å². The third-order valence-corrected chi connectivity index (χ3v) is 6.04. The number of hydrogen-bond donors (Lipinski definition) is 0. The fourth-order valence-electron chi connectivity index (χ4n) is 4.53. The summed E-state index contributed by atoms with van der Waals surface area (Å²) >= 11 is 0. The Hall–Kier alpha value is -1.43. The first-order valence-corrected chi connectivity index (χ1v) is 10.0. The average molecular weight is 345 g/mol. The number of hydrogen-bond acceptors (Lipinski definition) is 4. The zero-order valence-corrected chi connectivity index (χ0v) is 15.7. The lowest BCUT2D eigenvalue weighted by Crippen LogP contribution is -2.41. The Bertz CT molecular complexity index is 607. The van der Waals surface area contributed by atoms with E-state index in [9.17, 15) is 4.79 Å². The lowest BCUT2D eigenvalue weighted by molar-refractivity contribution is -0.136. The molecule has 3 aliphatic rings. The van der Waals surface area contributed by atoms with Gasteiger partial charge in [0.1, 0.15) is 11.6 Å². The molecule has 138 valence electrons. The predicted molar refractivity (Wildman–Crippen MR) is 96.2 cm³/mol. The second-order valence-corrected chi connectivity index (χ2v) is 8.39. The van der Waals surface area contributed by atoms with E-state index >= 15 is 0 Å². The molecule has 1 aromatic rings. The third-order valence-electron chi connectivity index (χ3n) is 6.04. The molecule has 4 rings (SSSR count). The van der Waals surface area contributed by atoms with Crippen LogP contribution in [0.3, 0.4) is 0 Å². The van der Waals surface area contributed by atoms with Gasteiger partial charge in [-0.2, -0.15) is 0 Å². The number of piperidine rings is 1. The number of rotatable bonds is 5. The van der Waals surface area contributed by atoms with Crippen LogP contribution in [-0.4, -0.2) is 57.7 Å². The van der Waals surface area contributed by atoms with Gasteiger partial charge in [-0.05, 0) is 52.6 Å². The van der Waals surface area contributed by atoms with Crippen LogP contribution in [0.2, 0.25) is 0 Å². The lowest BCUT2D eigenvalue weighted by atomic mass is 9.94. The lowest BCUT2D eigenvalue weighted by Gasteiger charge is -2.33. The fourth-order valence-corrected chi connectivity index (χ4v) is 4.53. The van der Waals surface area contributed by atoms with Gasteiger partial charge in [-0.25, -0.2) is 0 Å². The summed E-state index contributed by atoms with van der Waals surface area (Å²) in [5, 5.41) is 9.08. The van der Waals surface area contributed by atoms with Gasteiger partial charge in [0.25, 0.3) is 0 Å². The molecule has 2 heterocycles. The van der Waals surface area contributed by atoms with E-state index in [0.29, 0.717) is 23.8 Å². The number of aromatic nitrogens is 3. The highest BCUT2D eigenvalue weighted by atomic mass is 16.2. The van der Waals surface area contributed by atoms with E-state index in [1.165, 1.54) is 31.5 Å². The van der Waals surface area contributed by atoms with Crippen LogP contribution < -0.4 is 0 Å². The van der Waals surface area contributed by atoms with Crippen molar-refractivity contribution in [1.82, 2.24) is 24.6 Å². The third kappa shape index (κ3) is 3.59. The Morgan fingerprint density at radius 1 is 1.04 bits per heavy atom. The van der Waals surface area contributed by atoms with Gasteiger partial charge in [0, 0.05) is 31.0 Å². The topological polar surface area (TPSA) is 54.3 Å². The Morgan fingerprint density at radius 2 is 1.72 bits per heavy atom. The maximum Gasteiger partial charge on any atom is 0.225 e. The van der Waals surface area contributed by atoms with Crippen LogP contribution in [-0.2, 0) is 11.3 Å². The molecule has 1 saturated heterocycles. The van der Waals surface area contributed by atoms with Crippen molar-refractivity contribution < 1.29 is 4.79 Å². The van der Waals surface area contributed by atoms with Gasteiger partial charge in [0.2, 0.25) is 5.91 Å². The van der Waals surface area contributed by atoms with E-state index in [1.807, 2.05) is 0 Å². The molecule has 6 nitrogen and oxygen atoms in total. The molecule has 0 aromatic carbocycles. The zero-order chi connectivity index (χ0) is 17.4. The summed E-state index contributed by atoms with van der Waals surface area (Å²) in [5.74, 6) is 3.45. The van der Waals surface area contributed by atoms with Crippen LogP contribution in [0.15, 0.2) is 0 Å². The van der Waals surface area contributed by atoms with Gasteiger partial charge in [0.05, 0.1) is 6.54 Å². The molecule has 25 heavy (non-hydrogen) atoms. The molecule has 2 aliphatic carbocycles. The first kappa shape index (κ1) is 17.0. The summed E-state index contributed by atoms with van der Waals surface area (Å²) in [5.41, 5.74) is 0. The minimum atomic E-state index is 0.304. The molecule has 3 fully saturated rings. The molecule has 0 spiro atoms. The van der Waals surface area contributed by atoms with Crippen molar-refractivity contribution >= 4 is 5.91 Å². The molecule has 0 N–H and O–H groups in total. The van der Waals surface area contributed by atoms with E-state index < -0.39 is 0 Å². The molecule has 1 aromatic heterocycles. The van der Waals surface area contributed by atoms with E-state index in [1.54, 1.807) is 0 Å². The molecule has 0 radical (unpaired) electrons. The monoisotopic (exact) mass is 345 g/mol. The highest BCUT2D eigenvalue weighted by Crippen LogP contribution is 2.40. The van der Waals surface area contributed by atoms with Crippen LogP contribution >= 0.6 is 0 Å². The summed E-state index contributed by atoms with van der Waals surface area (Å²) < 4.78 is 2.42. The molecule has 1 amide bonds. The summed E-state index contributed by atoms with van der Waals surface area (Å²) in [6.45, 7) is 2.63. The highest BCUT2D eigenvalue weighted by Gasteiger charge is 2.35. The van der Waals surface area contributed by atoms with Crippen molar-refractivity contribution in [1.29, 1.82) is 0 Å². The van der Waals surface area contributed by atoms with Crippen molar-refractivity contribution in [3.63, 3.8) is 0 Å². The number of carbonyl (C=O) groups excluding carboxylic acids is 1. The normalized spacial score (nSPS) is 22.9. The highest BCUT2D eigenvalue weighted by molar-refractivity contribution is 5.79. The summed E-state index contributed by atoms with van der Waals surface area (Å²) in [6.07, 6.45) is 9.23. The van der Waals surface area contributed by atoms with Crippen molar-refractivity contribution in [3.05, 3.63) is 11.6 Å². The summed E-state index contributed by atoms with van der Waals surface area (Å²) in [7, 11) is 4.16. The van der Waals surface area contributed by atoms with Crippen molar-refractivity contribution in [2.45, 2.75) is 69.9 Å². The van der Waals surface area contributed by atoms with E-state index in [4.69, 9.17) is 0 Å². The van der Waals surface area contributed by atoms with Gasteiger partial charge in [-0.3, -0.25) is 4.79 Å². The van der Waals surface area contributed by atoms with E-state index in [-0.39, 0.29) is 0 Å². The quantitative estimate of drug-likeness (QED) is 0.823. The van der Waals surface area contributed by atoms with Crippen LogP contribution in [0.25, 0.3) is 0 Å². The van der Waals surface area contributed by atoms with Crippen LogP contribution in [0.1, 0.15) is 75.0 Å². The van der Waals surface area contributed by atoms with Crippen LogP contribution in [0.4, 0.5) is 0 Å². The fraction of sp³-hybridized carbons (Fsp3) is 0.842. The van der Waals surface area contributed by atoms with Gasteiger partial charge in [-0.1, -0.05) is 12.8 Å². The molecular formula is C19H31N5O.